The summed E-state index contributed by atoms with van der Waals surface area (Å²) in [5.74, 6) is 0.499. The zero-order valence-electron chi connectivity index (χ0n) is 45.0. The largest absolute Gasteiger partial charge is 0.344 e. The molecule has 3 N–H and O–H groups in total. The molecule has 2 aliphatic carbocycles. The van der Waals surface area contributed by atoms with Gasteiger partial charge in [0.05, 0.1) is 5.69 Å². The first-order valence-electron chi connectivity index (χ1n) is 28.1. The Kier molecular flexibility index (Phi) is 22.6. The standard InChI is InChI=1S/C32H43ClN8O2.C26H35ClN6O2/c33-27-11-9-25(10-12-27)20-29(38-31(42)13-15-34-21-28-7-4-5-14-36-28)32(43)40-18-16-39(17-19-40)30-8-3-1-2-6-26(30)22-41-24-35-23-37-41;1-2-25(34)30-23(16-20-8-10-22(27)11-9-20)26(35)32-14-12-31(13-15-32)24-7-5-3-4-6-21(24)17-33-19-28-18-29-33/h4-5,7,9-12,14,23-24,26,29-30,34H,1-3,6,8,13,15-22H2,(H,38,42);2,8-11,18-19,21,23-24H,1,3-7,12-17H2,(H,30,34)/t26?,29-,30?;21?,23-,24?/m11/s1. The van der Waals surface area contributed by atoms with E-state index < -0.39 is 12.1 Å². The van der Waals surface area contributed by atoms with Crippen molar-refractivity contribution in [3.63, 3.8) is 0 Å². The van der Waals surface area contributed by atoms with Crippen LogP contribution in [0.5, 0.6) is 0 Å². The zero-order valence-corrected chi connectivity index (χ0v) is 46.5. The maximum atomic E-state index is 13.9. The van der Waals surface area contributed by atoms with Crippen LogP contribution >= 0.6 is 23.2 Å². The Balaban J connectivity index is 0.000000210. The molecule has 5 heterocycles. The van der Waals surface area contributed by atoms with Gasteiger partial charge in [-0.25, -0.2) is 9.97 Å². The number of nitrogens with zero attached hydrogens (tertiary/aromatic N) is 11. The lowest BCUT2D eigenvalue weighted by Gasteiger charge is -2.42. The van der Waals surface area contributed by atoms with E-state index in [9.17, 15) is 19.2 Å². The molecule has 4 fully saturated rings. The Hall–Kier alpha value is -6.05. The average molecular weight is 1110 g/mol. The summed E-state index contributed by atoms with van der Waals surface area (Å²) in [6.45, 7) is 12.4. The van der Waals surface area contributed by atoms with Crippen LogP contribution in [0.25, 0.3) is 0 Å². The van der Waals surface area contributed by atoms with Crippen molar-refractivity contribution in [1.29, 1.82) is 0 Å². The lowest BCUT2D eigenvalue weighted by atomic mass is 9.92. The number of amides is 4. The van der Waals surface area contributed by atoms with Crippen LogP contribution in [-0.2, 0) is 51.7 Å². The third-order valence-corrected chi connectivity index (χ3v) is 16.4. The number of nitrogens with one attached hydrogen (secondary N) is 3. The molecule has 0 bridgehead atoms. The van der Waals surface area contributed by atoms with Crippen molar-refractivity contribution in [3.05, 3.63) is 138 Å². The molecular formula is C58H78Cl2N14O4. The van der Waals surface area contributed by atoms with Crippen LogP contribution in [-0.4, -0.2) is 161 Å². The normalized spacial score (nSPS) is 21.2. The number of halogens is 2. The highest BCUT2D eigenvalue weighted by Gasteiger charge is 2.36. The maximum absolute atomic E-state index is 13.9. The van der Waals surface area contributed by atoms with Gasteiger partial charge in [-0.1, -0.05) is 98.6 Å². The first kappa shape index (κ1) is 58.1. The molecule has 6 atom stereocenters. The summed E-state index contributed by atoms with van der Waals surface area (Å²) in [7, 11) is 0. The Morgan fingerprint density at radius 2 is 1.10 bits per heavy atom. The number of rotatable bonds is 20. The van der Waals surface area contributed by atoms with Gasteiger partial charge in [0.25, 0.3) is 0 Å². The van der Waals surface area contributed by atoms with E-state index in [1.807, 2.05) is 80.1 Å². The lowest BCUT2D eigenvalue weighted by molar-refractivity contribution is -0.138. The molecule has 2 aromatic carbocycles. The summed E-state index contributed by atoms with van der Waals surface area (Å²) >= 11 is 12.1. The van der Waals surface area contributed by atoms with Gasteiger partial charge >= 0.3 is 0 Å². The molecule has 2 saturated heterocycles. The van der Waals surface area contributed by atoms with Gasteiger partial charge in [0.2, 0.25) is 23.6 Å². The van der Waals surface area contributed by atoms with E-state index in [0.717, 1.165) is 56.1 Å². The number of hydrogen-bond acceptors (Lipinski definition) is 12. The van der Waals surface area contributed by atoms with Crippen LogP contribution in [0.2, 0.25) is 10.0 Å². The van der Waals surface area contributed by atoms with Crippen LogP contribution in [0, 0.1) is 11.8 Å². The van der Waals surface area contributed by atoms with Crippen molar-refractivity contribution < 1.29 is 19.2 Å². The number of pyridine rings is 1. The molecule has 3 aromatic heterocycles. The van der Waals surface area contributed by atoms with Gasteiger partial charge in [0.1, 0.15) is 37.4 Å². The molecule has 0 radical (unpaired) electrons. The number of piperazine rings is 2. The third kappa shape index (κ3) is 17.7. The number of hydrogen-bond donors (Lipinski definition) is 3. The van der Waals surface area contributed by atoms with Crippen LogP contribution in [0.4, 0.5) is 0 Å². The van der Waals surface area contributed by atoms with Crippen molar-refractivity contribution in [1.82, 2.24) is 70.1 Å². The average Bonchev–Trinajstić information content (AvgIpc) is 4.12. The fraction of sp³-hybridized carbons (Fsp3) is 0.534. The van der Waals surface area contributed by atoms with E-state index in [1.165, 1.54) is 70.3 Å². The van der Waals surface area contributed by atoms with Crippen molar-refractivity contribution >= 4 is 46.8 Å². The van der Waals surface area contributed by atoms with Crippen LogP contribution in [0.1, 0.15) is 87.4 Å². The number of carbonyl (C=O) groups excluding carboxylic acids is 4. The van der Waals surface area contributed by atoms with E-state index in [2.05, 4.69) is 57.5 Å². The molecule has 9 rings (SSSR count). The van der Waals surface area contributed by atoms with Crippen molar-refractivity contribution in [2.75, 3.05) is 58.9 Å². The minimum atomic E-state index is -0.633. The van der Waals surface area contributed by atoms with Crippen molar-refractivity contribution in [2.24, 2.45) is 11.8 Å². The first-order chi connectivity index (χ1) is 38.1. The second-order valence-corrected chi connectivity index (χ2v) is 22.1. The first-order valence-corrected chi connectivity index (χ1v) is 28.9. The topological polar surface area (TPSA) is 192 Å². The summed E-state index contributed by atoms with van der Waals surface area (Å²) in [5, 5.41) is 19.1. The summed E-state index contributed by atoms with van der Waals surface area (Å²) in [4.78, 5) is 73.9. The third-order valence-electron chi connectivity index (χ3n) is 15.9. The van der Waals surface area contributed by atoms with Gasteiger partial charge in [0, 0.05) is 126 Å². The predicted octanol–water partition coefficient (Wildman–Crippen LogP) is 6.27. The summed E-state index contributed by atoms with van der Waals surface area (Å²) in [5.41, 5.74) is 2.83. The fourth-order valence-corrected chi connectivity index (χ4v) is 12.0. The molecule has 20 heteroatoms. The van der Waals surface area contributed by atoms with E-state index in [0.29, 0.717) is 86.1 Å². The van der Waals surface area contributed by atoms with E-state index >= 15 is 0 Å². The highest BCUT2D eigenvalue weighted by Crippen LogP contribution is 2.31. The molecule has 4 unspecified atom stereocenters. The molecule has 2 saturated carbocycles. The van der Waals surface area contributed by atoms with Gasteiger partial charge in [-0.3, -0.25) is 43.3 Å². The maximum Gasteiger partial charge on any atom is 0.245 e. The summed E-state index contributed by atoms with van der Waals surface area (Å²) < 4.78 is 3.91. The quantitative estimate of drug-likeness (QED) is 0.0451. The van der Waals surface area contributed by atoms with E-state index in [4.69, 9.17) is 23.2 Å². The lowest BCUT2D eigenvalue weighted by Crippen LogP contribution is -2.58. The van der Waals surface area contributed by atoms with E-state index in [1.54, 1.807) is 37.3 Å². The number of benzene rings is 2. The van der Waals surface area contributed by atoms with Gasteiger partial charge < -0.3 is 25.8 Å². The highest BCUT2D eigenvalue weighted by molar-refractivity contribution is 6.30. The van der Waals surface area contributed by atoms with E-state index in [-0.39, 0.29) is 30.0 Å². The van der Waals surface area contributed by atoms with Gasteiger partial charge in [-0.15, -0.1) is 0 Å². The molecule has 0 spiro atoms. The Bertz CT molecular complexity index is 2590. The van der Waals surface area contributed by atoms with Crippen molar-refractivity contribution in [2.45, 2.75) is 127 Å². The molecule has 18 nitrogen and oxygen atoms in total. The van der Waals surface area contributed by atoms with Crippen LogP contribution in [0.3, 0.4) is 0 Å². The van der Waals surface area contributed by atoms with Gasteiger partial charge in [-0.05, 0) is 91.1 Å². The number of aromatic nitrogens is 7. The minimum absolute atomic E-state index is 0.0237. The smallest absolute Gasteiger partial charge is 0.245 e. The minimum Gasteiger partial charge on any atom is -0.344 e. The highest BCUT2D eigenvalue weighted by atomic mass is 35.5. The molecule has 418 valence electrons. The SMILES string of the molecule is C=CC(=O)N[C@H](Cc1ccc(Cl)cc1)C(=O)N1CCN(C2CCCCCC2Cn2cncn2)CC1.O=C(CCNCc1ccccn1)N[C@H](Cc1ccc(Cl)cc1)C(=O)N1CCN(C2CCCCCC2Cn2cncn2)CC1. The Labute approximate surface area is 469 Å². The summed E-state index contributed by atoms with van der Waals surface area (Å²) in [6, 6.07) is 20.3. The summed E-state index contributed by atoms with van der Waals surface area (Å²) in [6.07, 6.45) is 23.2. The second kappa shape index (κ2) is 30.4. The second-order valence-electron chi connectivity index (χ2n) is 21.2. The van der Waals surface area contributed by atoms with Crippen LogP contribution < -0.4 is 16.0 Å². The molecule has 5 aromatic rings. The van der Waals surface area contributed by atoms with Crippen LogP contribution in [0.15, 0.2) is 111 Å². The van der Waals surface area contributed by atoms with Crippen molar-refractivity contribution in [3.8, 4) is 0 Å². The molecule has 4 amide bonds. The monoisotopic (exact) mass is 1100 g/mol. The Morgan fingerprint density at radius 1 is 0.615 bits per heavy atom. The van der Waals surface area contributed by atoms with Gasteiger partial charge in [-0.2, -0.15) is 10.2 Å². The van der Waals surface area contributed by atoms with Gasteiger partial charge in [0.15, 0.2) is 0 Å². The molecule has 2 aliphatic heterocycles. The zero-order chi connectivity index (χ0) is 54.5. The predicted molar refractivity (Wildman–Crippen MR) is 302 cm³/mol. The molecule has 78 heavy (non-hydrogen) atoms. The Morgan fingerprint density at radius 3 is 1.55 bits per heavy atom. The number of carbonyl (C=O) groups is 4. The fourth-order valence-electron chi connectivity index (χ4n) is 11.8. The molecule has 4 aliphatic rings. The molecular weight excluding hydrogens is 1030 g/mol.